The van der Waals surface area contributed by atoms with Crippen molar-refractivity contribution in [3.8, 4) is 0 Å². The Hall–Kier alpha value is 0.830. The minimum Gasteiger partial charge on any atom is -0.393 e. The molecule has 0 aliphatic heterocycles. The summed E-state index contributed by atoms with van der Waals surface area (Å²) in [7, 11) is 0. The lowest BCUT2D eigenvalue weighted by molar-refractivity contribution is 0.0719. The highest BCUT2D eigenvalue weighted by molar-refractivity contribution is 6.67. The summed E-state index contributed by atoms with van der Waals surface area (Å²) >= 11 is 17.0. The first-order chi connectivity index (χ1) is 5.02. The highest BCUT2D eigenvalue weighted by atomic mass is 35.6. The van der Waals surface area contributed by atoms with Crippen LogP contribution >= 0.6 is 34.8 Å². The molecule has 1 nitrogen and oxygen atoms in total. The second-order valence-corrected chi connectivity index (χ2v) is 5.37. The van der Waals surface area contributed by atoms with Crippen LogP contribution in [0.25, 0.3) is 0 Å². The lowest BCUT2D eigenvalue weighted by Gasteiger charge is -2.32. The third kappa shape index (κ3) is 2.66. The first-order valence-corrected chi connectivity index (χ1v) is 4.90. The molecule has 1 N–H and O–H groups in total. The maximum absolute atomic E-state index is 9.45. The molecule has 0 saturated heterocycles. The van der Waals surface area contributed by atoms with E-state index < -0.39 is 9.90 Å². The van der Waals surface area contributed by atoms with E-state index in [4.69, 9.17) is 34.8 Å². The molecular weight excluding hydrogens is 206 g/mol. The molecule has 66 valence electrons. The standard InChI is InChI=1S/C7H11Cl3O/c8-7(9,10)5-3-1-2-4-6(5)11/h5-6,11H,1-4H2. The van der Waals surface area contributed by atoms with E-state index in [-0.39, 0.29) is 5.92 Å². The number of hydrogen-bond acceptors (Lipinski definition) is 1. The normalized spacial score (nSPS) is 33.8. The highest BCUT2D eigenvalue weighted by Gasteiger charge is 2.38. The van der Waals surface area contributed by atoms with Gasteiger partial charge in [0.15, 0.2) is 3.79 Å². The van der Waals surface area contributed by atoms with Gasteiger partial charge < -0.3 is 5.11 Å². The van der Waals surface area contributed by atoms with Crippen LogP contribution in [0.15, 0.2) is 0 Å². The largest absolute Gasteiger partial charge is 0.393 e. The van der Waals surface area contributed by atoms with Crippen molar-refractivity contribution in [1.82, 2.24) is 0 Å². The number of halogens is 3. The molecule has 1 fully saturated rings. The van der Waals surface area contributed by atoms with Crippen LogP contribution in [-0.4, -0.2) is 15.0 Å². The highest BCUT2D eigenvalue weighted by Crippen LogP contribution is 2.42. The van der Waals surface area contributed by atoms with Gasteiger partial charge in [-0.25, -0.2) is 0 Å². The zero-order valence-electron chi connectivity index (χ0n) is 6.06. The van der Waals surface area contributed by atoms with E-state index in [1.165, 1.54) is 0 Å². The smallest absolute Gasteiger partial charge is 0.195 e. The van der Waals surface area contributed by atoms with Crippen LogP contribution in [0, 0.1) is 5.92 Å². The average molecular weight is 218 g/mol. The topological polar surface area (TPSA) is 20.2 Å². The van der Waals surface area contributed by atoms with E-state index in [0.29, 0.717) is 0 Å². The molecule has 0 heterocycles. The number of aliphatic hydroxyl groups excluding tert-OH is 1. The number of alkyl halides is 3. The van der Waals surface area contributed by atoms with Crippen molar-refractivity contribution in [2.75, 3.05) is 0 Å². The Morgan fingerprint density at radius 3 is 2.00 bits per heavy atom. The van der Waals surface area contributed by atoms with Crippen molar-refractivity contribution in [3.63, 3.8) is 0 Å². The third-order valence-corrected chi connectivity index (χ3v) is 2.99. The van der Waals surface area contributed by atoms with Crippen LogP contribution in [0.5, 0.6) is 0 Å². The quantitative estimate of drug-likeness (QED) is 0.619. The number of rotatable bonds is 0. The Labute approximate surface area is 81.6 Å². The van der Waals surface area contributed by atoms with Crippen LogP contribution < -0.4 is 0 Å². The van der Waals surface area contributed by atoms with Gasteiger partial charge in [0, 0.05) is 5.92 Å². The SMILES string of the molecule is OC1CCCCC1C(Cl)(Cl)Cl. The molecule has 4 heteroatoms. The molecule has 0 spiro atoms. The van der Waals surface area contributed by atoms with Crippen molar-refractivity contribution in [2.45, 2.75) is 35.6 Å². The molecule has 0 aromatic carbocycles. The van der Waals surface area contributed by atoms with Gasteiger partial charge in [-0.2, -0.15) is 0 Å². The van der Waals surface area contributed by atoms with Crippen molar-refractivity contribution >= 4 is 34.8 Å². The average Bonchev–Trinajstić information content (AvgIpc) is 1.86. The second-order valence-electron chi connectivity index (χ2n) is 3.00. The Kier molecular flexibility index (Phi) is 3.33. The minimum absolute atomic E-state index is 0.179. The van der Waals surface area contributed by atoms with Crippen LogP contribution in [-0.2, 0) is 0 Å². The zero-order valence-corrected chi connectivity index (χ0v) is 8.33. The summed E-state index contributed by atoms with van der Waals surface area (Å²) in [5.41, 5.74) is 0. The molecule has 2 atom stereocenters. The van der Waals surface area contributed by atoms with Crippen LogP contribution in [0.3, 0.4) is 0 Å². The first-order valence-electron chi connectivity index (χ1n) is 3.76. The van der Waals surface area contributed by atoms with E-state index in [1.54, 1.807) is 0 Å². The third-order valence-electron chi connectivity index (χ3n) is 2.15. The first kappa shape index (κ1) is 9.91. The fourth-order valence-electron chi connectivity index (χ4n) is 1.49. The lowest BCUT2D eigenvalue weighted by Crippen LogP contribution is -2.34. The summed E-state index contributed by atoms with van der Waals surface area (Å²) in [5.74, 6) is -0.179. The van der Waals surface area contributed by atoms with Gasteiger partial charge in [-0.15, -0.1) is 0 Å². The van der Waals surface area contributed by atoms with Crippen LogP contribution in [0.2, 0.25) is 0 Å². The predicted molar refractivity (Wildman–Crippen MR) is 48.3 cm³/mol. The molecule has 0 radical (unpaired) electrons. The minimum atomic E-state index is -1.29. The van der Waals surface area contributed by atoms with Gasteiger partial charge >= 0.3 is 0 Å². The van der Waals surface area contributed by atoms with E-state index in [9.17, 15) is 5.11 Å². The molecule has 0 bridgehead atoms. The van der Waals surface area contributed by atoms with Crippen molar-refractivity contribution in [3.05, 3.63) is 0 Å². The number of hydrogen-bond donors (Lipinski definition) is 1. The van der Waals surface area contributed by atoms with Gasteiger partial charge in [-0.1, -0.05) is 47.6 Å². The van der Waals surface area contributed by atoms with Gasteiger partial charge in [0.05, 0.1) is 6.10 Å². The summed E-state index contributed by atoms with van der Waals surface area (Å²) in [6, 6.07) is 0. The Morgan fingerprint density at radius 1 is 1.09 bits per heavy atom. The molecule has 0 aromatic heterocycles. The molecule has 1 saturated carbocycles. The predicted octanol–water partition coefficient (Wildman–Crippen LogP) is 2.91. The molecule has 0 aromatic rings. The monoisotopic (exact) mass is 216 g/mol. The van der Waals surface area contributed by atoms with Crippen LogP contribution in [0.4, 0.5) is 0 Å². The Bertz CT molecular complexity index is 132. The van der Waals surface area contributed by atoms with Gasteiger partial charge in [0.2, 0.25) is 0 Å². The second kappa shape index (κ2) is 3.69. The molecular formula is C7H11Cl3O. The summed E-state index contributed by atoms with van der Waals surface area (Å²) in [6.07, 6.45) is 3.24. The fourth-order valence-corrected chi connectivity index (χ4v) is 2.26. The Morgan fingerprint density at radius 2 is 1.64 bits per heavy atom. The maximum Gasteiger partial charge on any atom is 0.195 e. The molecule has 0 amide bonds. The molecule has 11 heavy (non-hydrogen) atoms. The van der Waals surface area contributed by atoms with E-state index in [1.807, 2.05) is 0 Å². The van der Waals surface area contributed by atoms with Crippen molar-refractivity contribution in [1.29, 1.82) is 0 Å². The maximum atomic E-state index is 9.45. The van der Waals surface area contributed by atoms with Crippen molar-refractivity contribution in [2.24, 2.45) is 5.92 Å². The summed E-state index contributed by atoms with van der Waals surface area (Å²) in [4.78, 5) is 0. The summed E-state index contributed by atoms with van der Waals surface area (Å²) in [6.45, 7) is 0. The number of aliphatic hydroxyl groups is 1. The Balaban J connectivity index is 2.55. The molecule has 2 unspecified atom stereocenters. The van der Waals surface area contributed by atoms with Gasteiger partial charge in [-0.05, 0) is 12.8 Å². The van der Waals surface area contributed by atoms with Crippen molar-refractivity contribution < 1.29 is 5.11 Å². The van der Waals surface area contributed by atoms with Crippen LogP contribution in [0.1, 0.15) is 25.7 Å². The van der Waals surface area contributed by atoms with Gasteiger partial charge in [0.25, 0.3) is 0 Å². The van der Waals surface area contributed by atoms with Gasteiger partial charge in [0.1, 0.15) is 0 Å². The van der Waals surface area contributed by atoms with Gasteiger partial charge in [-0.3, -0.25) is 0 Å². The van der Waals surface area contributed by atoms with E-state index in [0.717, 1.165) is 25.7 Å². The molecule has 1 aliphatic rings. The van der Waals surface area contributed by atoms with E-state index >= 15 is 0 Å². The molecule has 1 aliphatic carbocycles. The lowest BCUT2D eigenvalue weighted by atomic mass is 9.88. The molecule has 1 rings (SSSR count). The van der Waals surface area contributed by atoms with E-state index in [2.05, 4.69) is 0 Å². The zero-order chi connectivity index (χ0) is 8.48. The summed E-state index contributed by atoms with van der Waals surface area (Å²) in [5, 5.41) is 9.45. The summed E-state index contributed by atoms with van der Waals surface area (Å²) < 4.78 is -1.29. The fraction of sp³-hybridized carbons (Fsp3) is 1.00.